The summed E-state index contributed by atoms with van der Waals surface area (Å²) in [5, 5.41) is 1.57. The number of halogens is 1. The predicted octanol–water partition coefficient (Wildman–Crippen LogP) is 5.29. The average Bonchev–Trinajstić information content (AvgIpc) is 3.23. The monoisotopic (exact) mass is 472 g/mol. The van der Waals surface area contributed by atoms with Gasteiger partial charge in [0.15, 0.2) is 0 Å². The summed E-state index contributed by atoms with van der Waals surface area (Å²) in [6.45, 7) is 6.00. The van der Waals surface area contributed by atoms with Crippen LogP contribution in [-0.4, -0.2) is 52.4 Å². The fourth-order valence-electron chi connectivity index (χ4n) is 4.59. The molecular formula is C27H25ClN4O2. The summed E-state index contributed by atoms with van der Waals surface area (Å²) in [6, 6.07) is 19.3. The number of carbonyl (C=O) groups excluding carboxylic acids is 2. The molecule has 0 unspecified atom stereocenters. The Morgan fingerprint density at radius 2 is 1.62 bits per heavy atom. The molecule has 2 aromatic carbocycles. The summed E-state index contributed by atoms with van der Waals surface area (Å²) in [5.41, 5.74) is 4.62. The van der Waals surface area contributed by atoms with Crippen molar-refractivity contribution in [3.8, 4) is 11.1 Å². The van der Waals surface area contributed by atoms with Gasteiger partial charge in [0.1, 0.15) is 5.82 Å². The fraction of sp³-hybridized carbons (Fsp3) is 0.222. The molecule has 0 atom stereocenters. The van der Waals surface area contributed by atoms with Gasteiger partial charge in [0, 0.05) is 61.0 Å². The van der Waals surface area contributed by atoms with Crippen molar-refractivity contribution in [2.45, 2.75) is 13.8 Å². The number of aryl methyl sites for hydroxylation is 1. The van der Waals surface area contributed by atoms with Gasteiger partial charge in [0.2, 0.25) is 5.91 Å². The Labute approximate surface area is 203 Å². The molecule has 1 amide bonds. The van der Waals surface area contributed by atoms with Gasteiger partial charge < -0.3 is 9.80 Å². The zero-order chi connectivity index (χ0) is 23.8. The number of benzene rings is 2. The highest BCUT2D eigenvalue weighted by atomic mass is 35.5. The zero-order valence-corrected chi connectivity index (χ0v) is 19.9. The number of fused-ring (bicyclic) bond motifs is 1. The molecule has 0 aliphatic carbocycles. The Morgan fingerprint density at radius 1 is 0.882 bits per heavy atom. The third-order valence-electron chi connectivity index (χ3n) is 6.31. The molecule has 1 fully saturated rings. The molecule has 1 aliphatic rings. The Bertz CT molecular complexity index is 1390. The lowest BCUT2D eigenvalue weighted by Crippen LogP contribution is -2.49. The highest BCUT2D eigenvalue weighted by molar-refractivity contribution is 6.31. The molecule has 0 N–H and O–H groups in total. The van der Waals surface area contributed by atoms with Crippen LogP contribution in [0.2, 0.25) is 5.02 Å². The van der Waals surface area contributed by atoms with E-state index in [2.05, 4.69) is 9.88 Å². The van der Waals surface area contributed by atoms with Crippen LogP contribution in [0, 0.1) is 6.92 Å². The summed E-state index contributed by atoms with van der Waals surface area (Å²) < 4.78 is 1.72. The van der Waals surface area contributed by atoms with Crippen LogP contribution >= 0.6 is 11.6 Å². The van der Waals surface area contributed by atoms with Crippen molar-refractivity contribution >= 4 is 40.1 Å². The van der Waals surface area contributed by atoms with Gasteiger partial charge in [-0.05, 0) is 66.6 Å². The minimum atomic E-state index is -0.0460. The molecule has 2 aromatic heterocycles. The maximum absolute atomic E-state index is 13.1. The van der Waals surface area contributed by atoms with E-state index in [-0.39, 0.29) is 11.8 Å². The number of aromatic nitrogens is 2. The normalized spacial score (nSPS) is 14.0. The lowest BCUT2D eigenvalue weighted by atomic mass is 10.0. The van der Waals surface area contributed by atoms with Crippen molar-refractivity contribution in [2.75, 3.05) is 31.1 Å². The van der Waals surface area contributed by atoms with Crippen LogP contribution in [0.25, 0.3) is 22.0 Å². The van der Waals surface area contributed by atoms with E-state index in [0.29, 0.717) is 36.8 Å². The predicted molar refractivity (Wildman–Crippen MR) is 136 cm³/mol. The van der Waals surface area contributed by atoms with E-state index >= 15 is 0 Å². The van der Waals surface area contributed by atoms with Crippen LogP contribution in [-0.2, 0) is 0 Å². The number of nitrogens with zero attached hydrogens (tertiary/aromatic N) is 4. The summed E-state index contributed by atoms with van der Waals surface area (Å²) in [6.07, 6.45) is 1.79. The van der Waals surface area contributed by atoms with Gasteiger partial charge in [0.25, 0.3) is 5.91 Å². The topological polar surface area (TPSA) is 58.4 Å². The Balaban J connectivity index is 1.30. The molecule has 34 heavy (non-hydrogen) atoms. The summed E-state index contributed by atoms with van der Waals surface area (Å²) in [4.78, 5) is 33.8. The van der Waals surface area contributed by atoms with E-state index in [1.165, 1.54) is 0 Å². The van der Waals surface area contributed by atoms with E-state index in [4.69, 9.17) is 11.6 Å². The molecule has 1 aliphatic heterocycles. The van der Waals surface area contributed by atoms with Crippen molar-refractivity contribution in [3.63, 3.8) is 0 Å². The van der Waals surface area contributed by atoms with Crippen molar-refractivity contribution < 1.29 is 9.59 Å². The van der Waals surface area contributed by atoms with Crippen LogP contribution in [0.3, 0.4) is 0 Å². The second-order valence-corrected chi connectivity index (χ2v) is 9.04. The Morgan fingerprint density at radius 3 is 2.29 bits per heavy atom. The second kappa shape index (κ2) is 8.95. The molecule has 1 saturated heterocycles. The van der Waals surface area contributed by atoms with Gasteiger partial charge in [0.05, 0.1) is 5.52 Å². The number of anilines is 1. The molecule has 172 valence electrons. The Hall–Kier alpha value is -3.64. The van der Waals surface area contributed by atoms with E-state index in [9.17, 15) is 9.59 Å². The zero-order valence-electron chi connectivity index (χ0n) is 19.2. The first-order chi connectivity index (χ1) is 16.4. The highest BCUT2D eigenvalue weighted by Gasteiger charge is 2.25. The van der Waals surface area contributed by atoms with Crippen molar-refractivity contribution in [1.29, 1.82) is 0 Å². The lowest BCUT2D eigenvalue weighted by Gasteiger charge is -2.36. The number of amides is 1. The molecule has 0 spiro atoms. The quantitative estimate of drug-likeness (QED) is 0.406. The van der Waals surface area contributed by atoms with Crippen LogP contribution < -0.4 is 4.90 Å². The van der Waals surface area contributed by atoms with Gasteiger partial charge in [-0.25, -0.2) is 0 Å². The van der Waals surface area contributed by atoms with Crippen molar-refractivity contribution in [3.05, 3.63) is 83.1 Å². The first-order valence-corrected chi connectivity index (χ1v) is 11.7. The van der Waals surface area contributed by atoms with Crippen LogP contribution in [0.1, 0.15) is 27.8 Å². The number of hydrogen-bond donors (Lipinski definition) is 0. The maximum atomic E-state index is 13.1. The molecule has 3 heterocycles. The van der Waals surface area contributed by atoms with Gasteiger partial charge in [-0.15, -0.1) is 0 Å². The number of hydrogen-bond acceptors (Lipinski definition) is 4. The van der Waals surface area contributed by atoms with E-state index in [1.54, 1.807) is 23.8 Å². The fourth-order valence-corrected chi connectivity index (χ4v) is 4.77. The van der Waals surface area contributed by atoms with Crippen LogP contribution in [0.5, 0.6) is 0 Å². The molecule has 0 radical (unpaired) electrons. The molecular weight excluding hydrogens is 448 g/mol. The van der Waals surface area contributed by atoms with E-state index < -0.39 is 0 Å². The highest BCUT2D eigenvalue weighted by Crippen LogP contribution is 2.30. The Kier molecular flexibility index (Phi) is 5.84. The smallest absolute Gasteiger partial charge is 0.253 e. The minimum absolute atomic E-state index is 0.0241. The molecule has 6 nitrogen and oxygen atoms in total. The number of pyridine rings is 1. The summed E-state index contributed by atoms with van der Waals surface area (Å²) in [7, 11) is 0. The number of carbonyl (C=O) groups is 2. The summed E-state index contributed by atoms with van der Waals surface area (Å²) in [5.74, 6) is 0.820. The standard InChI is InChI=1S/C27H25ClN4O2/c1-18-15-22(9-10-29-18)20-3-5-21(6-4-20)27(34)31-13-11-30(12-14-31)26-17-23-16-24(28)7-8-25(23)32(26)19(2)33/h3-10,15-17H,11-14H2,1-2H3. The van der Waals surface area contributed by atoms with Crippen LogP contribution in [0.15, 0.2) is 66.9 Å². The second-order valence-electron chi connectivity index (χ2n) is 8.60. The minimum Gasteiger partial charge on any atom is -0.354 e. The molecule has 5 rings (SSSR count). The first kappa shape index (κ1) is 22.2. The number of rotatable bonds is 3. The summed E-state index contributed by atoms with van der Waals surface area (Å²) >= 11 is 6.15. The van der Waals surface area contributed by atoms with Crippen molar-refractivity contribution in [1.82, 2.24) is 14.5 Å². The molecule has 0 bridgehead atoms. The van der Waals surface area contributed by atoms with Gasteiger partial charge in [-0.1, -0.05) is 23.7 Å². The molecule has 0 saturated carbocycles. The third-order valence-corrected chi connectivity index (χ3v) is 6.55. The average molecular weight is 473 g/mol. The van der Waals surface area contributed by atoms with E-state index in [0.717, 1.165) is 33.5 Å². The number of piperazine rings is 1. The van der Waals surface area contributed by atoms with E-state index in [1.807, 2.05) is 66.4 Å². The van der Waals surface area contributed by atoms with Crippen molar-refractivity contribution in [2.24, 2.45) is 0 Å². The molecule has 4 aromatic rings. The van der Waals surface area contributed by atoms with Gasteiger partial charge in [-0.3, -0.25) is 19.1 Å². The first-order valence-electron chi connectivity index (χ1n) is 11.3. The lowest BCUT2D eigenvalue weighted by molar-refractivity contribution is 0.0745. The molecule has 7 heteroatoms. The maximum Gasteiger partial charge on any atom is 0.253 e. The van der Waals surface area contributed by atoms with Gasteiger partial charge >= 0.3 is 0 Å². The third kappa shape index (κ3) is 4.17. The largest absolute Gasteiger partial charge is 0.354 e. The van der Waals surface area contributed by atoms with Gasteiger partial charge in [-0.2, -0.15) is 0 Å². The van der Waals surface area contributed by atoms with Crippen LogP contribution in [0.4, 0.5) is 5.82 Å². The SMILES string of the molecule is CC(=O)n1c(N2CCN(C(=O)c3ccc(-c4ccnc(C)c4)cc3)CC2)cc2cc(Cl)ccc21.